The van der Waals surface area contributed by atoms with Crippen molar-refractivity contribution in [3.8, 4) is 22.8 Å². The van der Waals surface area contributed by atoms with E-state index in [1.54, 1.807) is 32.4 Å². The van der Waals surface area contributed by atoms with Crippen LogP contribution in [0.3, 0.4) is 0 Å². The normalized spacial score (nSPS) is 10.5. The Hall–Kier alpha value is -3.06. The van der Waals surface area contributed by atoms with Crippen LogP contribution >= 0.6 is 11.8 Å². The number of anilines is 1. The first-order valence-corrected chi connectivity index (χ1v) is 10.0. The number of carbonyl (C=O) groups is 1. The molecule has 3 rings (SSSR count). The second-order valence-corrected chi connectivity index (χ2v) is 7.45. The van der Waals surface area contributed by atoms with Crippen molar-refractivity contribution in [3.63, 3.8) is 0 Å². The van der Waals surface area contributed by atoms with E-state index in [9.17, 15) is 4.79 Å². The number of ether oxygens (including phenoxy) is 2. The van der Waals surface area contributed by atoms with Crippen molar-refractivity contribution in [2.24, 2.45) is 0 Å². The molecule has 0 atom stereocenters. The van der Waals surface area contributed by atoms with E-state index in [2.05, 4.69) is 41.5 Å². The Labute approximate surface area is 174 Å². The molecule has 2 aromatic carbocycles. The molecule has 0 radical (unpaired) electrons. The van der Waals surface area contributed by atoms with Gasteiger partial charge in [-0.2, -0.15) is 0 Å². The third kappa shape index (κ3) is 5.26. The summed E-state index contributed by atoms with van der Waals surface area (Å²) in [6.07, 6.45) is 0. The van der Waals surface area contributed by atoms with Gasteiger partial charge in [0.2, 0.25) is 5.91 Å². The largest absolute Gasteiger partial charge is 0.497 e. The Balaban J connectivity index is 1.61. The first kappa shape index (κ1) is 20.7. The molecule has 0 aliphatic rings. The maximum absolute atomic E-state index is 12.3. The van der Waals surface area contributed by atoms with Crippen molar-refractivity contribution in [2.45, 2.75) is 18.9 Å². The number of nitrogens with zero attached hydrogens (tertiary/aromatic N) is 2. The van der Waals surface area contributed by atoms with Crippen molar-refractivity contribution >= 4 is 23.4 Å². The highest BCUT2D eigenvalue weighted by Crippen LogP contribution is 2.29. The van der Waals surface area contributed by atoms with Crippen molar-refractivity contribution in [2.75, 3.05) is 25.3 Å². The summed E-state index contributed by atoms with van der Waals surface area (Å²) in [5.41, 5.74) is 4.86. The van der Waals surface area contributed by atoms with Crippen LogP contribution in [-0.4, -0.2) is 36.1 Å². The van der Waals surface area contributed by atoms with Gasteiger partial charge in [0.05, 0.1) is 31.4 Å². The van der Waals surface area contributed by atoms with Gasteiger partial charge >= 0.3 is 0 Å². The number of carbonyl (C=O) groups excluding carboxylic acids is 1. The molecule has 0 spiro atoms. The number of benzene rings is 2. The van der Waals surface area contributed by atoms with E-state index in [-0.39, 0.29) is 11.7 Å². The Morgan fingerprint density at radius 3 is 2.45 bits per heavy atom. The monoisotopic (exact) mass is 409 g/mol. The lowest BCUT2D eigenvalue weighted by Crippen LogP contribution is -2.15. The molecule has 0 unspecified atom stereocenters. The quantitative estimate of drug-likeness (QED) is 0.579. The molecule has 1 heterocycles. The first-order chi connectivity index (χ1) is 14.0. The Bertz CT molecular complexity index is 1010. The van der Waals surface area contributed by atoms with Gasteiger partial charge in [-0.05, 0) is 55.3 Å². The zero-order valence-corrected chi connectivity index (χ0v) is 17.7. The summed E-state index contributed by atoms with van der Waals surface area (Å²) in [6, 6.07) is 15.2. The van der Waals surface area contributed by atoms with Gasteiger partial charge in [0.15, 0.2) is 0 Å². The van der Waals surface area contributed by atoms with E-state index in [0.717, 1.165) is 11.3 Å². The van der Waals surface area contributed by atoms with E-state index in [0.29, 0.717) is 22.2 Å². The number of rotatable bonds is 7. The highest BCUT2D eigenvalue weighted by atomic mass is 32.2. The topological polar surface area (TPSA) is 73.3 Å². The SMILES string of the molecule is COc1ccc(OC)c(NC(=O)CSc2ccc(-c3ccc(C)c(C)c3)nn2)c1. The summed E-state index contributed by atoms with van der Waals surface area (Å²) in [7, 11) is 3.13. The van der Waals surface area contributed by atoms with Crippen molar-refractivity contribution in [1.82, 2.24) is 10.2 Å². The molecule has 29 heavy (non-hydrogen) atoms. The third-order valence-electron chi connectivity index (χ3n) is 4.47. The number of aryl methyl sites for hydroxylation is 2. The summed E-state index contributed by atoms with van der Waals surface area (Å²) in [5.74, 6) is 1.25. The van der Waals surface area contributed by atoms with E-state index in [1.807, 2.05) is 18.2 Å². The van der Waals surface area contributed by atoms with Crippen LogP contribution in [0.2, 0.25) is 0 Å². The zero-order chi connectivity index (χ0) is 20.8. The number of aromatic nitrogens is 2. The molecule has 0 bridgehead atoms. The van der Waals surface area contributed by atoms with Gasteiger partial charge in [-0.3, -0.25) is 4.79 Å². The van der Waals surface area contributed by atoms with Gasteiger partial charge in [-0.1, -0.05) is 23.9 Å². The summed E-state index contributed by atoms with van der Waals surface area (Å²) < 4.78 is 10.5. The molecular weight excluding hydrogens is 386 g/mol. The lowest BCUT2D eigenvalue weighted by Gasteiger charge is -2.11. The molecule has 0 fully saturated rings. The zero-order valence-electron chi connectivity index (χ0n) is 16.9. The van der Waals surface area contributed by atoms with Crippen LogP contribution in [0.25, 0.3) is 11.3 Å². The predicted octanol–water partition coefficient (Wildman–Crippen LogP) is 4.51. The van der Waals surface area contributed by atoms with E-state index >= 15 is 0 Å². The molecular formula is C22H23N3O3S. The van der Waals surface area contributed by atoms with E-state index < -0.39 is 0 Å². The second kappa shape index (κ2) is 9.43. The molecule has 3 aromatic rings. The van der Waals surface area contributed by atoms with Gasteiger partial charge in [-0.25, -0.2) is 0 Å². The van der Waals surface area contributed by atoms with Crippen LogP contribution in [0.1, 0.15) is 11.1 Å². The standard InChI is InChI=1S/C22H23N3O3S/c1-14-5-6-16(11-15(14)2)18-8-10-22(25-24-18)29-13-21(26)23-19-12-17(27-3)7-9-20(19)28-4/h5-12H,13H2,1-4H3,(H,23,26). The smallest absolute Gasteiger partial charge is 0.234 e. The molecule has 0 saturated heterocycles. The molecule has 1 aromatic heterocycles. The minimum atomic E-state index is -0.165. The van der Waals surface area contributed by atoms with Gasteiger partial charge in [0, 0.05) is 11.6 Å². The number of nitrogens with one attached hydrogen (secondary N) is 1. The molecule has 150 valence electrons. The van der Waals surface area contributed by atoms with E-state index in [4.69, 9.17) is 9.47 Å². The fraction of sp³-hybridized carbons (Fsp3) is 0.227. The van der Waals surface area contributed by atoms with Crippen LogP contribution in [0.4, 0.5) is 5.69 Å². The van der Waals surface area contributed by atoms with Gasteiger partial charge in [-0.15, -0.1) is 10.2 Å². The number of thioether (sulfide) groups is 1. The Morgan fingerprint density at radius 2 is 1.79 bits per heavy atom. The molecule has 0 aliphatic heterocycles. The number of hydrogen-bond acceptors (Lipinski definition) is 6. The van der Waals surface area contributed by atoms with Crippen LogP contribution in [-0.2, 0) is 4.79 Å². The summed E-state index contributed by atoms with van der Waals surface area (Å²) in [4.78, 5) is 12.3. The van der Waals surface area contributed by atoms with Crippen LogP contribution in [0.5, 0.6) is 11.5 Å². The fourth-order valence-corrected chi connectivity index (χ4v) is 3.30. The lowest BCUT2D eigenvalue weighted by molar-refractivity contribution is -0.113. The van der Waals surface area contributed by atoms with Gasteiger partial charge < -0.3 is 14.8 Å². The number of hydrogen-bond donors (Lipinski definition) is 1. The highest BCUT2D eigenvalue weighted by Gasteiger charge is 2.11. The molecule has 0 saturated carbocycles. The van der Waals surface area contributed by atoms with Gasteiger partial charge in [0.1, 0.15) is 16.5 Å². The second-order valence-electron chi connectivity index (χ2n) is 6.46. The predicted molar refractivity (Wildman–Crippen MR) is 116 cm³/mol. The Morgan fingerprint density at radius 1 is 0.966 bits per heavy atom. The average Bonchev–Trinajstić information content (AvgIpc) is 2.74. The highest BCUT2D eigenvalue weighted by molar-refractivity contribution is 7.99. The fourth-order valence-electron chi connectivity index (χ4n) is 2.69. The van der Waals surface area contributed by atoms with Crippen LogP contribution < -0.4 is 14.8 Å². The third-order valence-corrected chi connectivity index (χ3v) is 5.39. The Kier molecular flexibility index (Phi) is 6.72. The maximum Gasteiger partial charge on any atom is 0.234 e. The summed E-state index contributed by atoms with van der Waals surface area (Å²) >= 11 is 1.32. The van der Waals surface area contributed by atoms with E-state index in [1.165, 1.54) is 22.9 Å². The maximum atomic E-state index is 12.3. The molecule has 0 aliphatic carbocycles. The summed E-state index contributed by atoms with van der Waals surface area (Å²) in [5, 5.41) is 12.1. The minimum absolute atomic E-state index is 0.165. The molecule has 6 nitrogen and oxygen atoms in total. The molecule has 7 heteroatoms. The number of methoxy groups -OCH3 is 2. The minimum Gasteiger partial charge on any atom is -0.497 e. The van der Waals surface area contributed by atoms with Crippen LogP contribution in [0.15, 0.2) is 53.6 Å². The average molecular weight is 410 g/mol. The van der Waals surface area contributed by atoms with Gasteiger partial charge in [0.25, 0.3) is 0 Å². The number of amides is 1. The summed E-state index contributed by atoms with van der Waals surface area (Å²) in [6.45, 7) is 4.16. The van der Waals surface area contributed by atoms with Crippen molar-refractivity contribution in [1.29, 1.82) is 0 Å². The first-order valence-electron chi connectivity index (χ1n) is 9.06. The molecule has 1 amide bonds. The van der Waals surface area contributed by atoms with Crippen LogP contribution in [0, 0.1) is 13.8 Å². The van der Waals surface area contributed by atoms with Crippen molar-refractivity contribution < 1.29 is 14.3 Å². The molecule has 1 N–H and O–H groups in total. The van der Waals surface area contributed by atoms with Crippen molar-refractivity contribution in [3.05, 3.63) is 59.7 Å². The lowest BCUT2D eigenvalue weighted by atomic mass is 10.0.